The van der Waals surface area contributed by atoms with E-state index in [1.807, 2.05) is 0 Å². The summed E-state index contributed by atoms with van der Waals surface area (Å²) in [6, 6.07) is 3.96. The number of sulfonamides is 1. The van der Waals surface area contributed by atoms with Crippen molar-refractivity contribution in [1.82, 2.24) is 14.6 Å². The molecule has 1 heterocycles. The van der Waals surface area contributed by atoms with Gasteiger partial charge in [0.1, 0.15) is 1.41 Å². The lowest BCUT2D eigenvalue weighted by atomic mass is 10.1. The topological polar surface area (TPSA) is 65.2 Å². The van der Waals surface area contributed by atoms with Crippen LogP contribution in [0.25, 0.3) is 10.9 Å². The van der Waals surface area contributed by atoms with Gasteiger partial charge in [-0.2, -0.15) is 0 Å². The highest BCUT2D eigenvalue weighted by Crippen LogP contribution is 2.21. The number of rotatable bonds is 6. The fraction of sp³-hybridized carbons (Fsp3) is 0.429. The Hall–Kier alpha value is -1.37. The molecular formula is C14H21N3O2S. The van der Waals surface area contributed by atoms with Crippen molar-refractivity contribution in [2.75, 3.05) is 27.6 Å². The van der Waals surface area contributed by atoms with Gasteiger partial charge in [0.05, 0.1) is 5.75 Å². The molecule has 0 bridgehead atoms. The highest BCUT2D eigenvalue weighted by atomic mass is 32.2. The van der Waals surface area contributed by atoms with Gasteiger partial charge in [-0.05, 0) is 50.7 Å². The smallest absolute Gasteiger partial charge is 0.215 e. The minimum Gasteiger partial charge on any atom is -0.361 e. The van der Waals surface area contributed by atoms with Crippen LogP contribution in [0, 0.1) is 0 Å². The van der Waals surface area contributed by atoms with Crippen LogP contribution in [0.5, 0.6) is 0 Å². The Morgan fingerprint density at radius 3 is 3.05 bits per heavy atom. The van der Waals surface area contributed by atoms with Crippen LogP contribution in [0.2, 0.25) is 2.82 Å². The molecule has 2 N–H and O–H groups in total. The third-order valence-electron chi connectivity index (χ3n) is 2.59. The Balaban J connectivity index is 2.59. The molecule has 110 valence electrons. The van der Waals surface area contributed by atoms with Gasteiger partial charge in [0.15, 0.2) is 1.41 Å². The van der Waals surface area contributed by atoms with E-state index in [9.17, 15) is 8.42 Å². The Morgan fingerprint density at radius 1 is 1.55 bits per heavy atom. The second-order valence-corrected chi connectivity index (χ2v) is 6.11. The fourth-order valence-electron chi connectivity index (χ4n) is 1.72. The summed E-state index contributed by atoms with van der Waals surface area (Å²) in [6.07, 6.45) is -1.44. The minimum absolute atomic E-state index is 0.0765. The summed E-state index contributed by atoms with van der Waals surface area (Å²) in [5, 5.41) is 0.119. The van der Waals surface area contributed by atoms with Crippen molar-refractivity contribution in [3.8, 4) is 0 Å². The van der Waals surface area contributed by atoms with E-state index in [0.29, 0.717) is 0 Å². The Bertz CT molecular complexity index is 1020. The number of nitrogens with zero attached hydrogens (tertiary/aromatic N) is 1. The van der Waals surface area contributed by atoms with E-state index in [1.54, 1.807) is 0 Å². The van der Waals surface area contributed by atoms with Gasteiger partial charge >= 0.3 is 0 Å². The molecule has 0 atom stereocenters. The van der Waals surface area contributed by atoms with Gasteiger partial charge in [-0.15, -0.1) is 0 Å². The molecule has 20 heavy (non-hydrogen) atoms. The number of aromatic amines is 1. The monoisotopic (exact) mass is 304 g/mol. The number of hydrogen-bond donors (Lipinski definition) is 2. The van der Waals surface area contributed by atoms with E-state index in [-0.39, 0.29) is 22.0 Å². The lowest BCUT2D eigenvalue weighted by Gasteiger charge is -2.08. The predicted octanol–water partition coefficient (Wildman–Crippen LogP) is 1.32. The van der Waals surface area contributed by atoms with Crippen molar-refractivity contribution in [1.29, 1.82) is 0 Å². The van der Waals surface area contributed by atoms with Crippen molar-refractivity contribution in [2.24, 2.45) is 0 Å². The molecule has 0 aliphatic heterocycles. The summed E-state index contributed by atoms with van der Waals surface area (Å²) in [6.45, 7) is -5.61. The third-order valence-corrected chi connectivity index (χ3v) is 3.56. The van der Waals surface area contributed by atoms with E-state index in [0.717, 1.165) is 16.1 Å². The maximum absolute atomic E-state index is 12.2. The minimum atomic E-state index is -4.52. The van der Waals surface area contributed by atoms with Gasteiger partial charge in [0, 0.05) is 33.2 Å². The quantitative estimate of drug-likeness (QED) is 0.846. The normalized spacial score (nSPS) is 21.3. The summed E-state index contributed by atoms with van der Waals surface area (Å²) in [5.41, 5.74) is 0.143. The molecule has 0 aliphatic rings. The van der Waals surface area contributed by atoms with E-state index >= 15 is 0 Å². The highest BCUT2D eigenvalue weighted by molar-refractivity contribution is 7.88. The highest BCUT2D eigenvalue weighted by Gasteiger charge is 2.11. The van der Waals surface area contributed by atoms with Crippen molar-refractivity contribution in [3.05, 3.63) is 35.5 Å². The molecule has 0 saturated heterocycles. The molecule has 0 fully saturated rings. The summed E-state index contributed by atoms with van der Waals surface area (Å²) in [7, 11) is -1.78. The predicted molar refractivity (Wildman–Crippen MR) is 82.2 cm³/mol. The van der Waals surface area contributed by atoms with Gasteiger partial charge in [-0.1, -0.05) is 6.07 Å². The largest absolute Gasteiger partial charge is 0.361 e. The molecule has 2 rings (SSSR count). The van der Waals surface area contributed by atoms with Crippen LogP contribution in [0.3, 0.4) is 0 Å². The number of likely N-dealkylation sites (N-methyl/N-ethyl adjacent to an activating group) is 1. The van der Waals surface area contributed by atoms with E-state index in [2.05, 4.69) is 0 Å². The van der Waals surface area contributed by atoms with Crippen molar-refractivity contribution < 1.29 is 20.8 Å². The molecule has 2 aromatic rings. The molecule has 0 amide bonds. The number of H-pyrrole nitrogens is 1. The summed E-state index contributed by atoms with van der Waals surface area (Å²) >= 11 is 0. The Morgan fingerprint density at radius 2 is 2.35 bits per heavy atom. The van der Waals surface area contributed by atoms with Gasteiger partial charge < -0.3 is 9.88 Å². The molecule has 0 saturated carbocycles. The standard InChI is InChI=1S/C14H21N3O2S/c1-15-20(18,19)10-11-4-5-14-13(8-11)12(9-16-14)6-7-17(2)3/h4-5,8-9,15-16H,6-7,10H2,1-3H3/i1D3,6D2,7D2/hD2. The van der Waals surface area contributed by atoms with Gasteiger partial charge in [-0.25, -0.2) is 13.1 Å². The zero-order valence-electron chi connectivity index (χ0n) is 20.1. The average Bonchev–Trinajstić information content (AvgIpc) is 2.89. The maximum Gasteiger partial charge on any atom is 0.215 e. The number of aryl methyl sites for hydroxylation is 1. The Kier molecular flexibility index (Phi) is 2.10. The number of fused-ring (bicyclic) bond motifs is 1. The second kappa shape index (κ2) is 5.95. The lowest BCUT2D eigenvalue weighted by Crippen LogP contribution is -2.20. The fourth-order valence-corrected chi connectivity index (χ4v) is 2.38. The first-order valence-electron chi connectivity index (χ1n) is 10.2. The summed E-state index contributed by atoms with van der Waals surface area (Å²) in [4.78, 5) is 1.91. The number of hydrogen-bond acceptors (Lipinski definition) is 3. The average molecular weight is 304 g/mol. The van der Waals surface area contributed by atoms with Crippen LogP contribution >= 0.6 is 0 Å². The molecule has 1 aromatic carbocycles. The van der Waals surface area contributed by atoms with Crippen LogP contribution in [0.15, 0.2) is 24.4 Å². The first kappa shape index (κ1) is 7.06. The molecule has 0 aliphatic carbocycles. The van der Waals surface area contributed by atoms with Crippen LogP contribution in [0.4, 0.5) is 0 Å². The number of nitrogens with one attached hydrogen (secondary N) is 2. The SMILES string of the molecule is [2H]N(C([2H])([2H])[2H])S(=O)(=O)Cc1ccc2c(c1)c(C([2H])([2H])C([2H])([2H])N(C)C)cn2[2H]. The Labute approximate surface area is 132 Å². The van der Waals surface area contributed by atoms with Crippen molar-refractivity contribution in [3.63, 3.8) is 0 Å². The second-order valence-electron chi connectivity index (χ2n) is 4.47. The maximum atomic E-state index is 12.2. The van der Waals surface area contributed by atoms with Crippen molar-refractivity contribution >= 4 is 20.9 Å². The van der Waals surface area contributed by atoms with E-state index in [4.69, 9.17) is 12.4 Å². The van der Waals surface area contributed by atoms with Gasteiger partial charge in [0.25, 0.3) is 0 Å². The first-order valence-corrected chi connectivity index (χ1v) is 7.37. The molecule has 0 spiro atoms. The third kappa shape index (κ3) is 3.59. The van der Waals surface area contributed by atoms with Crippen LogP contribution in [-0.2, 0) is 22.1 Å². The molecule has 6 heteroatoms. The zero-order valence-corrected chi connectivity index (χ0v) is 11.9. The zero-order chi connectivity index (χ0) is 22.6. The van der Waals surface area contributed by atoms with E-state index in [1.165, 1.54) is 32.3 Å². The van der Waals surface area contributed by atoms with Crippen LogP contribution < -0.4 is 4.72 Å². The summed E-state index contributed by atoms with van der Waals surface area (Å²) in [5.74, 6) is -0.822. The van der Waals surface area contributed by atoms with Crippen molar-refractivity contribution in [2.45, 2.75) is 12.1 Å². The first-order chi connectivity index (χ1) is 12.9. The van der Waals surface area contributed by atoms with Crippen LogP contribution in [-0.4, -0.2) is 45.9 Å². The van der Waals surface area contributed by atoms with E-state index < -0.39 is 40.3 Å². The van der Waals surface area contributed by atoms with Gasteiger partial charge in [-0.3, -0.25) is 0 Å². The molecule has 0 unspecified atom stereocenters. The number of aromatic nitrogens is 1. The molecule has 1 aromatic heterocycles. The van der Waals surface area contributed by atoms with Gasteiger partial charge in [0.2, 0.25) is 10.0 Å². The lowest BCUT2D eigenvalue weighted by molar-refractivity contribution is 0.414. The number of benzene rings is 1. The molecule has 0 radical (unpaired) electrons. The van der Waals surface area contributed by atoms with Crippen LogP contribution in [0.1, 0.15) is 20.7 Å². The summed E-state index contributed by atoms with van der Waals surface area (Å²) < 4.78 is 93.4. The molecule has 5 nitrogen and oxygen atoms in total. The molecular weight excluding hydrogens is 274 g/mol.